The summed E-state index contributed by atoms with van der Waals surface area (Å²) < 4.78 is 5.71. The fraction of sp³-hybridized carbons (Fsp3) is 0.474. The number of carbonyl (C=O) groups is 2. The molecule has 0 atom stereocenters. The maximum absolute atomic E-state index is 12.6. The number of aliphatic hydroxyl groups is 1. The molecule has 0 radical (unpaired) electrons. The molecule has 6 heteroatoms. The van der Waals surface area contributed by atoms with Gasteiger partial charge in [-0.15, -0.1) is 0 Å². The van der Waals surface area contributed by atoms with Crippen molar-refractivity contribution >= 4 is 22.8 Å². The van der Waals surface area contributed by atoms with Gasteiger partial charge in [0, 0.05) is 36.9 Å². The van der Waals surface area contributed by atoms with Gasteiger partial charge >= 0.3 is 5.97 Å². The van der Waals surface area contributed by atoms with Gasteiger partial charge in [0.2, 0.25) is 5.91 Å². The van der Waals surface area contributed by atoms with Crippen LogP contribution in [-0.4, -0.2) is 45.7 Å². The largest absolute Gasteiger partial charge is 0.479 e. The number of piperidine rings is 1. The van der Waals surface area contributed by atoms with E-state index in [1.54, 1.807) is 11.2 Å². The van der Waals surface area contributed by atoms with E-state index in [2.05, 4.69) is 6.07 Å². The monoisotopic (exact) mass is 345 g/mol. The molecule has 3 rings (SSSR count). The highest BCUT2D eigenvalue weighted by Gasteiger charge is 2.40. The van der Waals surface area contributed by atoms with Crippen molar-refractivity contribution < 1.29 is 24.2 Å². The molecule has 0 unspecified atom stereocenters. The molecule has 1 aromatic carbocycles. The van der Waals surface area contributed by atoms with Crippen LogP contribution < -0.4 is 0 Å². The van der Waals surface area contributed by atoms with Crippen molar-refractivity contribution in [2.75, 3.05) is 13.1 Å². The predicted molar refractivity (Wildman–Crippen MR) is 92.5 cm³/mol. The van der Waals surface area contributed by atoms with E-state index < -0.39 is 11.6 Å². The Morgan fingerprint density at radius 3 is 2.44 bits per heavy atom. The second kappa shape index (κ2) is 6.19. The van der Waals surface area contributed by atoms with Gasteiger partial charge in [0.05, 0.1) is 12.7 Å². The molecule has 1 fully saturated rings. The molecule has 0 aliphatic carbocycles. The van der Waals surface area contributed by atoms with E-state index in [0.717, 1.165) is 33.2 Å². The third kappa shape index (κ3) is 3.02. The average molecular weight is 345 g/mol. The Hall–Kier alpha value is -2.34. The van der Waals surface area contributed by atoms with Crippen molar-refractivity contribution in [2.45, 2.75) is 45.6 Å². The molecule has 2 N–H and O–H groups in total. The van der Waals surface area contributed by atoms with Crippen LogP contribution in [0, 0.1) is 20.8 Å². The number of furan rings is 1. The number of likely N-dealkylation sites (tertiary alicyclic amines) is 1. The van der Waals surface area contributed by atoms with Gasteiger partial charge in [-0.05, 0) is 37.5 Å². The first-order valence-corrected chi connectivity index (χ1v) is 8.43. The van der Waals surface area contributed by atoms with Crippen LogP contribution in [0.15, 0.2) is 16.7 Å². The molecule has 0 bridgehead atoms. The fourth-order valence-electron chi connectivity index (χ4n) is 3.53. The molecule has 25 heavy (non-hydrogen) atoms. The van der Waals surface area contributed by atoms with E-state index in [1.807, 2.05) is 20.8 Å². The predicted octanol–water partition coefficient (Wildman–Crippen LogP) is 2.34. The van der Waals surface area contributed by atoms with Crippen LogP contribution in [0.1, 0.15) is 35.1 Å². The Labute approximate surface area is 146 Å². The number of carbonyl (C=O) groups excluding carboxylic acids is 1. The van der Waals surface area contributed by atoms with Crippen LogP contribution in [0.2, 0.25) is 0 Å². The van der Waals surface area contributed by atoms with E-state index in [9.17, 15) is 14.7 Å². The summed E-state index contributed by atoms with van der Waals surface area (Å²) in [5.41, 5.74) is 3.25. The number of amides is 1. The van der Waals surface area contributed by atoms with Crippen LogP contribution in [0.4, 0.5) is 0 Å². The lowest BCUT2D eigenvalue weighted by Crippen LogP contribution is -2.51. The minimum Gasteiger partial charge on any atom is -0.479 e. The maximum Gasteiger partial charge on any atom is 0.335 e. The van der Waals surface area contributed by atoms with Crippen molar-refractivity contribution in [1.29, 1.82) is 0 Å². The van der Waals surface area contributed by atoms with Gasteiger partial charge in [-0.25, -0.2) is 4.79 Å². The van der Waals surface area contributed by atoms with Gasteiger partial charge < -0.3 is 19.5 Å². The number of rotatable bonds is 3. The number of nitrogens with zero attached hydrogens (tertiary/aromatic N) is 1. The van der Waals surface area contributed by atoms with Gasteiger partial charge in [0.1, 0.15) is 5.58 Å². The highest BCUT2D eigenvalue weighted by Crippen LogP contribution is 2.31. The zero-order valence-corrected chi connectivity index (χ0v) is 14.8. The van der Waals surface area contributed by atoms with Crippen molar-refractivity contribution in [2.24, 2.45) is 0 Å². The second-order valence-electron chi connectivity index (χ2n) is 6.99. The molecule has 1 aromatic heterocycles. The summed E-state index contributed by atoms with van der Waals surface area (Å²) in [7, 11) is 0. The van der Waals surface area contributed by atoms with Gasteiger partial charge in [0.15, 0.2) is 5.60 Å². The van der Waals surface area contributed by atoms with E-state index >= 15 is 0 Å². The lowest BCUT2D eigenvalue weighted by atomic mass is 9.91. The number of fused-ring (bicyclic) bond motifs is 1. The van der Waals surface area contributed by atoms with Crippen LogP contribution >= 0.6 is 0 Å². The molecule has 1 aliphatic heterocycles. The fourth-order valence-corrected chi connectivity index (χ4v) is 3.53. The summed E-state index contributed by atoms with van der Waals surface area (Å²) in [4.78, 5) is 25.3. The Morgan fingerprint density at radius 2 is 1.84 bits per heavy atom. The zero-order chi connectivity index (χ0) is 18.4. The van der Waals surface area contributed by atoms with Gasteiger partial charge in [-0.2, -0.15) is 0 Å². The van der Waals surface area contributed by atoms with Crippen molar-refractivity contribution in [3.05, 3.63) is 34.6 Å². The third-order valence-corrected chi connectivity index (χ3v) is 5.31. The topological polar surface area (TPSA) is 91.0 Å². The first-order valence-electron chi connectivity index (χ1n) is 8.43. The van der Waals surface area contributed by atoms with Gasteiger partial charge in [0.25, 0.3) is 0 Å². The highest BCUT2D eigenvalue weighted by atomic mass is 16.4. The smallest absolute Gasteiger partial charge is 0.335 e. The molecular weight excluding hydrogens is 322 g/mol. The number of aliphatic carboxylic acids is 1. The lowest BCUT2D eigenvalue weighted by Gasteiger charge is -2.35. The lowest BCUT2D eigenvalue weighted by molar-refractivity contribution is -0.165. The zero-order valence-electron chi connectivity index (χ0n) is 14.8. The van der Waals surface area contributed by atoms with Crippen molar-refractivity contribution in [1.82, 2.24) is 4.90 Å². The SMILES string of the molecule is Cc1cc(C)c2c(CC(=O)N3CCC(O)(C(=O)O)CC3)coc2c1C. The first-order chi connectivity index (χ1) is 11.7. The summed E-state index contributed by atoms with van der Waals surface area (Å²) in [5.74, 6) is -1.30. The number of carboxylic acid groups (broad SMARTS) is 1. The van der Waals surface area contributed by atoms with Crippen LogP contribution in [0.25, 0.3) is 11.0 Å². The Kier molecular flexibility index (Phi) is 4.33. The molecule has 1 saturated heterocycles. The summed E-state index contributed by atoms with van der Waals surface area (Å²) in [6.07, 6.45) is 1.95. The van der Waals surface area contributed by atoms with Gasteiger partial charge in [-0.3, -0.25) is 4.79 Å². The number of hydrogen-bond acceptors (Lipinski definition) is 4. The second-order valence-corrected chi connectivity index (χ2v) is 6.99. The standard InChI is InChI=1S/C19H23NO5/c1-11-8-12(2)16-14(10-25-17(16)13(11)3)9-15(21)20-6-4-19(24,5-7-20)18(22)23/h8,10,24H,4-7,9H2,1-3H3,(H,22,23). The maximum atomic E-state index is 12.6. The molecular formula is C19H23NO5. The summed E-state index contributed by atoms with van der Waals surface area (Å²) in [6.45, 7) is 6.53. The van der Waals surface area contributed by atoms with Crippen LogP contribution in [-0.2, 0) is 16.0 Å². The van der Waals surface area contributed by atoms with Crippen LogP contribution in [0.5, 0.6) is 0 Å². The molecule has 2 heterocycles. The normalized spacial score (nSPS) is 17.0. The first kappa shape index (κ1) is 17.5. The Balaban J connectivity index is 1.78. The summed E-state index contributed by atoms with van der Waals surface area (Å²) >= 11 is 0. The quantitative estimate of drug-likeness (QED) is 0.891. The molecule has 0 saturated carbocycles. The molecule has 6 nitrogen and oxygen atoms in total. The molecule has 134 valence electrons. The number of carboxylic acids is 1. The average Bonchev–Trinajstić information content (AvgIpc) is 2.97. The molecule has 1 amide bonds. The molecule has 0 spiro atoms. The minimum atomic E-state index is -1.72. The number of hydrogen-bond donors (Lipinski definition) is 2. The minimum absolute atomic E-state index is 0.0531. The van der Waals surface area contributed by atoms with Crippen molar-refractivity contribution in [3.63, 3.8) is 0 Å². The molecule has 2 aromatic rings. The Morgan fingerprint density at radius 1 is 1.20 bits per heavy atom. The van der Waals surface area contributed by atoms with Gasteiger partial charge in [-0.1, -0.05) is 6.07 Å². The number of aryl methyl sites for hydroxylation is 3. The third-order valence-electron chi connectivity index (χ3n) is 5.31. The highest BCUT2D eigenvalue weighted by molar-refractivity contribution is 5.92. The summed E-state index contributed by atoms with van der Waals surface area (Å²) in [6, 6.07) is 2.09. The van der Waals surface area contributed by atoms with E-state index in [-0.39, 0.29) is 38.3 Å². The van der Waals surface area contributed by atoms with E-state index in [4.69, 9.17) is 9.52 Å². The number of benzene rings is 1. The van der Waals surface area contributed by atoms with Crippen LogP contribution in [0.3, 0.4) is 0 Å². The van der Waals surface area contributed by atoms with E-state index in [0.29, 0.717) is 0 Å². The molecule has 1 aliphatic rings. The summed E-state index contributed by atoms with van der Waals surface area (Å²) in [5, 5.41) is 20.0. The van der Waals surface area contributed by atoms with E-state index in [1.165, 1.54) is 0 Å². The Bertz CT molecular complexity index is 843. The van der Waals surface area contributed by atoms with Crippen molar-refractivity contribution in [3.8, 4) is 0 Å².